The molecule has 1 aliphatic heterocycles. The molecule has 3 N–H and O–H groups in total. The van der Waals surface area contributed by atoms with Crippen molar-refractivity contribution < 1.29 is 28.7 Å². The Morgan fingerprint density at radius 3 is 2.84 bits per heavy atom. The van der Waals surface area contributed by atoms with Gasteiger partial charge < -0.3 is 25.3 Å². The highest BCUT2D eigenvalue weighted by molar-refractivity contribution is 6.04. The zero-order valence-corrected chi connectivity index (χ0v) is 17.0. The SMILES string of the molecule is COc1cc(CNC(=O)c2cc(C3=NOC(C(=O)NCCO)C3)nc(C)n2)ccc1F. The molecule has 0 bridgehead atoms. The Morgan fingerprint density at radius 1 is 1.29 bits per heavy atom. The number of aromatic nitrogens is 2. The molecular formula is C20H22FN5O5. The second-order valence-electron chi connectivity index (χ2n) is 6.69. The smallest absolute Gasteiger partial charge is 0.270 e. The summed E-state index contributed by atoms with van der Waals surface area (Å²) in [5.74, 6) is -0.902. The van der Waals surface area contributed by atoms with Crippen LogP contribution in [0.4, 0.5) is 4.39 Å². The molecule has 1 unspecified atom stereocenters. The highest BCUT2D eigenvalue weighted by atomic mass is 19.1. The zero-order valence-electron chi connectivity index (χ0n) is 17.0. The van der Waals surface area contributed by atoms with Crippen LogP contribution in [0.3, 0.4) is 0 Å². The van der Waals surface area contributed by atoms with Crippen LogP contribution in [0, 0.1) is 12.7 Å². The molecule has 11 heteroatoms. The summed E-state index contributed by atoms with van der Waals surface area (Å²) < 4.78 is 18.5. The number of aliphatic hydroxyl groups is 1. The number of carbonyl (C=O) groups is 2. The van der Waals surface area contributed by atoms with Gasteiger partial charge in [0.25, 0.3) is 11.8 Å². The number of amides is 2. The molecule has 31 heavy (non-hydrogen) atoms. The van der Waals surface area contributed by atoms with E-state index in [-0.39, 0.29) is 37.6 Å². The summed E-state index contributed by atoms with van der Waals surface area (Å²) in [6.45, 7) is 1.71. The fraction of sp³-hybridized carbons (Fsp3) is 0.350. The lowest BCUT2D eigenvalue weighted by molar-refractivity contribution is -0.131. The van der Waals surface area contributed by atoms with Gasteiger partial charge in [0.2, 0.25) is 6.10 Å². The minimum atomic E-state index is -0.831. The number of methoxy groups -OCH3 is 1. The Labute approximate surface area is 177 Å². The van der Waals surface area contributed by atoms with Crippen molar-refractivity contribution >= 4 is 17.5 Å². The molecule has 0 spiro atoms. The fourth-order valence-electron chi connectivity index (χ4n) is 2.88. The third-order valence-electron chi connectivity index (χ3n) is 4.41. The molecule has 0 aliphatic carbocycles. The predicted molar refractivity (Wildman–Crippen MR) is 107 cm³/mol. The first kappa shape index (κ1) is 22.1. The summed E-state index contributed by atoms with van der Waals surface area (Å²) in [5.41, 5.74) is 1.56. The van der Waals surface area contributed by atoms with E-state index in [1.807, 2.05) is 0 Å². The lowest BCUT2D eigenvalue weighted by Gasteiger charge is -2.09. The number of halogens is 1. The average molecular weight is 431 g/mol. The normalized spacial score (nSPS) is 15.1. The second-order valence-corrected chi connectivity index (χ2v) is 6.69. The van der Waals surface area contributed by atoms with Crippen LogP contribution in [0.1, 0.15) is 34.0 Å². The number of aryl methyl sites for hydroxylation is 1. The maximum Gasteiger partial charge on any atom is 0.270 e. The first-order chi connectivity index (χ1) is 14.9. The van der Waals surface area contributed by atoms with Crippen LogP contribution < -0.4 is 15.4 Å². The van der Waals surface area contributed by atoms with Crippen LogP contribution in [0.2, 0.25) is 0 Å². The summed E-state index contributed by atoms with van der Waals surface area (Å²) in [7, 11) is 1.36. The van der Waals surface area contributed by atoms with Crippen LogP contribution in [0.25, 0.3) is 0 Å². The molecule has 0 saturated heterocycles. The molecule has 164 valence electrons. The van der Waals surface area contributed by atoms with E-state index in [9.17, 15) is 14.0 Å². The van der Waals surface area contributed by atoms with Gasteiger partial charge in [-0.25, -0.2) is 14.4 Å². The van der Waals surface area contributed by atoms with Gasteiger partial charge in [0.15, 0.2) is 11.6 Å². The fourth-order valence-corrected chi connectivity index (χ4v) is 2.88. The molecule has 2 heterocycles. The molecule has 2 aromatic rings. The zero-order chi connectivity index (χ0) is 22.4. The summed E-state index contributed by atoms with van der Waals surface area (Å²) in [4.78, 5) is 38.1. The van der Waals surface area contributed by atoms with Crippen molar-refractivity contribution in [2.24, 2.45) is 5.16 Å². The standard InChI is InChI=1S/C20H22FN5O5/c1-11-24-14(15-9-18(31-26-15)20(29)22-5-6-27)8-16(25-11)19(28)23-10-12-3-4-13(21)17(7-12)30-2/h3-4,7-8,18,27H,5-6,9-10H2,1-2H3,(H,22,29)(H,23,28). The number of carbonyl (C=O) groups excluding carboxylic acids is 2. The maximum atomic E-state index is 13.5. The first-order valence-corrected chi connectivity index (χ1v) is 9.49. The van der Waals surface area contributed by atoms with Gasteiger partial charge in [-0.05, 0) is 30.7 Å². The van der Waals surface area contributed by atoms with Crippen LogP contribution in [-0.4, -0.2) is 59.0 Å². The largest absolute Gasteiger partial charge is 0.494 e. The van der Waals surface area contributed by atoms with Crippen molar-refractivity contribution in [3.05, 3.63) is 52.9 Å². The lowest BCUT2D eigenvalue weighted by atomic mass is 10.1. The predicted octanol–water partition coefficient (Wildman–Crippen LogP) is 0.464. The number of nitrogens with zero attached hydrogens (tertiary/aromatic N) is 3. The Balaban J connectivity index is 1.67. The third kappa shape index (κ3) is 5.51. The van der Waals surface area contributed by atoms with E-state index in [1.54, 1.807) is 13.0 Å². The molecular weight excluding hydrogens is 409 g/mol. The molecule has 1 atom stereocenters. The molecule has 0 saturated carbocycles. The molecule has 0 fully saturated rings. The van der Waals surface area contributed by atoms with E-state index in [1.165, 1.54) is 25.3 Å². The molecule has 10 nitrogen and oxygen atoms in total. The Hall–Kier alpha value is -3.60. The van der Waals surface area contributed by atoms with Crippen LogP contribution in [0.15, 0.2) is 29.4 Å². The third-order valence-corrected chi connectivity index (χ3v) is 4.41. The van der Waals surface area contributed by atoms with Gasteiger partial charge in [-0.1, -0.05) is 11.2 Å². The second kappa shape index (κ2) is 9.94. The van der Waals surface area contributed by atoms with Gasteiger partial charge in [-0.15, -0.1) is 0 Å². The maximum absolute atomic E-state index is 13.5. The molecule has 0 radical (unpaired) electrons. The quantitative estimate of drug-likeness (QED) is 0.553. The van der Waals surface area contributed by atoms with Crippen molar-refractivity contribution in [3.63, 3.8) is 0 Å². The molecule has 3 rings (SSSR count). The van der Waals surface area contributed by atoms with E-state index in [2.05, 4.69) is 25.8 Å². The highest BCUT2D eigenvalue weighted by Gasteiger charge is 2.30. The number of benzene rings is 1. The minimum Gasteiger partial charge on any atom is -0.494 e. The molecule has 1 aromatic heterocycles. The van der Waals surface area contributed by atoms with Gasteiger partial charge in [0.05, 0.1) is 19.4 Å². The topological polar surface area (TPSA) is 135 Å². The van der Waals surface area contributed by atoms with Crippen LogP contribution >= 0.6 is 0 Å². The monoisotopic (exact) mass is 431 g/mol. The Kier molecular flexibility index (Phi) is 7.08. The van der Waals surface area contributed by atoms with Crippen LogP contribution in [0.5, 0.6) is 5.75 Å². The number of ether oxygens (including phenoxy) is 1. The van der Waals surface area contributed by atoms with Crippen molar-refractivity contribution in [1.29, 1.82) is 0 Å². The highest BCUT2D eigenvalue weighted by Crippen LogP contribution is 2.19. The summed E-state index contributed by atoms with van der Waals surface area (Å²) >= 11 is 0. The van der Waals surface area contributed by atoms with E-state index >= 15 is 0 Å². The lowest BCUT2D eigenvalue weighted by Crippen LogP contribution is -2.36. The molecule has 1 aliphatic rings. The van der Waals surface area contributed by atoms with Crippen molar-refractivity contribution in [2.75, 3.05) is 20.3 Å². The number of oxime groups is 1. The molecule has 2 amide bonds. The van der Waals surface area contributed by atoms with Gasteiger partial charge in [0, 0.05) is 19.5 Å². The average Bonchev–Trinajstić information content (AvgIpc) is 3.26. The van der Waals surface area contributed by atoms with Crippen molar-refractivity contribution in [1.82, 2.24) is 20.6 Å². The summed E-state index contributed by atoms with van der Waals surface area (Å²) in [5, 5.41) is 17.9. The minimum absolute atomic E-state index is 0.0868. The summed E-state index contributed by atoms with van der Waals surface area (Å²) in [6.07, 6.45) is -0.660. The number of aliphatic hydroxyl groups excluding tert-OH is 1. The van der Waals surface area contributed by atoms with E-state index in [0.29, 0.717) is 22.8 Å². The van der Waals surface area contributed by atoms with Crippen molar-refractivity contribution in [2.45, 2.75) is 26.0 Å². The Morgan fingerprint density at radius 2 is 2.10 bits per heavy atom. The number of nitrogens with one attached hydrogen (secondary N) is 2. The van der Waals surface area contributed by atoms with Crippen LogP contribution in [-0.2, 0) is 16.2 Å². The van der Waals surface area contributed by atoms with Gasteiger partial charge >= 0.3 is 0 Å². The number of hydrogen-bond donors (Lipinski definition) is 3. The first-order valence-electron chi connectivity index (χ1n) is 9.49. The van der Waals surface area contributed by atoms with E-state index < -0.39 is 23.7 Å². The van der Waals surface area contributed by atoms with Gasteiger partial charge in [0.1, 0.15) is 17.2 Å². The number of hydrogen-bond acceptors (Lipinski definition) is 8. The van der Waals surface area contributed by atoms with Gasteiger partial charge in [-0.3, -0.25) is 9.59 Å². The van der Waals surface area contributed by atoms with Crippen molar-refractivity contribution in [3.8, 4) is 5.75 Å². The van der Waals surface area contributed by atoms with Gasteiger partial charge in [-0.2, -0.15) is 0 Å². The Bertz CT molecular complexity index is 1010. The molecule has 1 aromatic carbocycles. The number of rotatable bonds is 8. The van der Waals surface area contributed by atoms with E-state index in [0.717, 1.165) is 0 Å². The van der Waals surface area contributed by atoms with E-state index in [4.69, 9.17) is 14.7 Å². The summed E-state index contributed by atoms with van der Waals surface area (Å²) in [6, 6.07) is 5.77.